The standard InChI is InChI=1S/C11H6Cl2N2S/c1-6-15-11(10(5-14)16-6)8-3-2-7(12)4-9(8)13/h2-4H,1H3. The molecular weight excluding hydrogens is 263 g/mol. The molecule has 1 aromatic carbocycles. The van der Waals surface area contributed by atoms with Gasteiger partial charge in [0.05, 0.1) is 10.0 Å². The summed E-state index contributed by atoms with van der Waals surface area (Å²) in [4.78, 5) is 4.88. The lowest BCUT2D eigenvalue weighted by atomic mass is 10.1. The number of thiazole rings is 1. The molecular formula is C11H6Cl2N2S. The molecule has 0 amide bonds. The minimum atomic E-state index is 0.509. The van der Waals surface area contributed by atoms with Gasteiger partial charge in [-0.3, -0.25) is 0 Å². The van der Waals surface area contributed by atoms with E-state index in [1.807, 2.05) is 6.92 Å². The summed E-state index contributed by atoms with van der Waals surface area (Å²) in [6.45, 7) is 1.86. The third kappa shape index (κ3) is 2.05. The Hall–Kier alpha value is -1.08. The second-order valence-corrected chi connectivity index (χ2v) is 5.19. The minimum Gasteiger partial charge on any atom is -0.240 e. The molecule has 0 fully saturated rings. The smallest absolute Gasteiger partial charge is 0.132 e. The second-order valence-electron chi connectivity index (χ2n) is 3.15. The van der Waals surface area contributed by atoms with Crippen molar-refractivity contribution in [3.8, 4) is 17.3 Å². The van der Waals surface area contributed by atoms with Crippen molar-refractivity contribution in [2.45, 2.75) is 6.92 Å². The van der Waals surface area contributed by atoms with Gasteiger partial charge in [-0.05, 0) is 25.1 Å². The molecule has 2 rings (SSSR count). The zero-order chi connectivity index (χ0) is 11.7. The molecule has 0 saturated heterocycles. The Morgan fingerprint density at radius 1 is 1.38 bits per heavy atom. The second kappa shape index (κ2) is 4.42. The third-order valence-electron chi connectivity index (χ3n) is 2.02. The Bertz CT molecular complexity index is 584. The summed E-state index contributed by atoms with van der Waals surface area (Å²) in [5, 5.41) is 10.9. The van der Waals surface area contributed by atoms with Crippen molar-refractivity contribution < 1.29 is 0 Å². The van der Waals surface area contributed by atoms with Gasteiger partial charge < -0.3 is 0 Å². The van der Waals surface area contributed by atoms with Gasteiger partial charge in [-0.2, -0.15) is 5.26 Å². The number of hydrogen-bond donors (Lipinski definition) is 0. The van der Waals surface area contributed by atoms with Crippen LogP contribution in [0.3, 0.4) is 0 Å². The number of halogens is 2. The lowest BCUT2D eigenvalue weighted by Crippen LogP contribution is -1.83. The largest absolute Gasteiger partial charge is 0.240 e. The summed E-state index contributed by atoms with van der Waals surface area (Å²) in [6, 6.07) is 7.28. The SMILES string of the molecule is Cc1nc(-c2ccc(Cl)cc2Cl)c(C#N)s1. The number of nitrogens with zero attached hydrogens (tertiary/aromatic N) is 2. The van der Waals surface area contributed by atoms with E-state index in [4.69, 9.17) is 28.5 Å². The van der Waals surface area contributed by atoms with Crippen LogP contribution in [0, 0.1) is 18.3 Å². The summed E-state index contributed by atoms with van der Waals surface area (Å²) in [5.41, 5.74) is 1.37. The molecule has 0 aliphatic heterocycles. The van der Waals surface area contributed by atoms with E-state index in [-0.39, 0.29) is 0 Å². The van der Waals surface area contributed by atoms with E-state index in [2.05, 4.69) is 11.1 Å². The van der Waals surface area contributed by atoms with Gasteiger partial charge in [0.1, 0.15) is 16.6 Å². The number of nitriles is 1. The van der Waals surface area contributed by atoms with Crippen molar-refractivity contribution in [3.05, 3.63) is 38.1 Å². The highest BCUT2D eigenvalue weighted by Gasteiger charge is 2.13. The molecule has 0 aliphatic rings. The van der Waals surface area contributed by atoms with Crippen molar-refractivity contribution in [3.63, 3.8) is 0 Å². The van der Waals surface area contributed by atoms with Crippen LogP contribution < -0.4 is 0 Å². The Kier molecular flexibility index (Phi) is 3.15. The molecule has 0 spiro atoms. The molecule has 16 heavy (non-hydrogen) atoms. The lowest BCUT2D eigenvalue weighted by Gasteiger charge is -2.01. The molecule has 0 aliphatic carbocycles. The number of hydrogen-bond acceptors (Lipinski definition) is 3. The highest BCUT2D eigenvalue weighted by atomic mass is 35.5. The maximum Gasteiger partial charge on any atom is 0.132 e. The van der Waals surface area contributed by atoms with Crippen LogP contribution in [0.1, 0.15) is 9.88 Å². The molecule has 2 aromatic rings. The van der Waals surface area contributed by atoms with E-state index >= 15 is 0 Å². The first-order chi connectivity index (χ1) is 7.61. The fourth-order valence-corrected chi connectivity index (χ4v) is 2.60. The van der Waals surface area contributed by atoms with Crippen molar-refractivity contribution in [1.82, 2.24) is 4.98 Å². The molecule has 1 aromatic heterocycles. The van der Waals surface area contributed by atoms with Gasteiger partial charge in [-0.1, -0.05) is 23.2 Å². The van der Waals surface area contributed by atoms with Crippen molar-refractivity contribution in [2.24, 2.45) is 0 Å². The quantitative estimate of drug-likeness (QED) is 0.774. The summed E-state index contributed by atoms with van der Waals surface area (Å²) in [6.07, 6.45) is 0. The molecule has 5 heteroatoms. The average Bonchev–Trinajstić information content (AvgIpc) is 2.59. The van der Waals surface area contributed by atoms with E-state index in [1.165, 1.54) is 11.3 Å². The van der Waals surface area contributed by atoms with Crippen molar-refractivity contribution >= 4 is 34.5 Å². The first-order valence-corrected chi connectivity index (χ1v) is 6.02. The van der Waals surface area contributed by atoms with Crippen LogP contribution in [0.25, 0.3) is 11.3 Å². The molecule has 1 heterocycles. The van der Waals surface area contributed by atoms with Crippen LogP contribution in [0.4, 0.5) is 0 Å². The van der Waals surface area contributed by atoms with Gasteiger partial charge in [0.25, 0.3) is 0 Å². The molecule has 0 N–H and O–H groups in total. The first-order valence-electron chi connectivity index (χ1n) is 4.45. The fourth-order valence-electron chi connectivity index (χ4n) is 1.37. The number of aryl methyl sites for hydroxylation is 1. The molecule has 0 unspecified atom stereocenters. The van der Waals surface area contributed by atoms with Gasteiger partial charge >= 0.3 is 0 Å². The van der Waals surface area contributed by atoms with Crippen LogP contribution >= 0.6 is 34.5 Å². The van der Waals surface area contributed by atoms with Crippen LogP contribution in [0.2, 0.25) is 10.0 Å². The van der Waals surface area contributed by atoms with Gasteiger partial charge in [0.2, 0.25) is 0 Å². The van der Waals surface area contributed by atoms with Gasteiger partial charge in [-0.15, -0.1) is 11.3 Å². The van der Waals surface area contributed by atoms with Gasteiger partial charge in [-0.25, -0.2) is 4.98 Å². The predicted molar refractivity (Wildman–Crippen MR) is 67.0 cm³/mol. The van der Waals surface area contributed by atoms with Crippen LogP contribution in [0.5, 0.6) is 0 Å². The topological polar surface area (TPSA) is 36.7 Å². The highest BCUT2D eigenvalue weighted by molar-refractivity contribution is 7.12. The van der Waals surface area contributed by atoms with E-state index < -0.39 is 0 Å². The number of aromatic nitrogens is 1. The van der Waals surface area contributed by atoms with Crippen LogP contribution in [0.15, 0.2) is 18.2 Å². The molecule has 0 atom stereocenters. The van der Waals surface area contributed by atoms with Crippen molar-refractivity contribution in [1.29, 1.82) is 5.26 Å². The third-order valence-corrected chi connectivity index (χ3v) is 3.45. The number of rotatable bonds is 1. The minimum absolute atomic E-state index is 0.509. The Morgan fingerprint density at radius 3 is 2.75 bits per heavy atom. The maximum absolute atomic E-state index is 8.99. The zero-order valence-electron chi connectivity index (χ0n) is 8.29. The van der Waals surface area contributed by atoms with E-state index in [0.29, 0.717) is 20.6 Å². The average molecular weight is 269 g/mol. The maximum atomic E-state index is 8.99. The highest BCUT2D eigenvalue weighted by Crippen LogP contribution is 2.33. The monoisotopic (exact) mass is 268 g/mol. The molecule has 2 nitrogen and oxygen atoms in total. The Balaban J connectivity index is 2.63. The molecule has 80 valence electrons. The summed E-state index contributed by atoms with van der Waals surface area (Å²) < 4.78 is 0. The van der Waals surface area contributed by atoms with Crippen molar-refractivity contribution in [2.75, 3.05) is 0 Å². The zero-order valence-corrected chi connectivity index (χ0v) is 10.6. The molecule has 0 radical (unpaired) electrons. The molecule has 0 bridgehead atoms. The summed E-state index contributed by atoms with van der Waals surface area (Å²) >= 11 is 13.2. The fraction of sp³-hybridized carbons (Fsp3) is 0.0909. The number of benzene rings is 1. The lowest BCUT2D eigenvalue weighted by molar-refractivity contribution is 1.29. The normalized spacial score (nSPS) is 10.1. The Labute approximate surface area is 107 Å². The Morgan fingerprint density at radius 2 is 2.12 bits per heavy atom. The first kappa shape index (κ1) is 11.4. The summed E-state index contributed by atoms with van der Waals surface area (Å²) in [7, 11) is 0. The summed E-state index contributed by atoms with van der Waals surface area (Å²) in [5.74, 6) is 0. The van der Waals surface area contributed by atoms with Gasteiger partial charge in [0.15, 0.2) is 0 Å². The van der Waals surface area contributed by atoms with Crippen LogP contribution in [-0.2, 0) is 0 Å². The van der Waals surface area contributed by atoms with E-state index in [9.17, 15) is 0 Å². The van der Waals surface area contributed by atoms with E-state index in [1.54, 1.807) is 18.2 Å². The molecule has 0 saturated carbocycles. The predicted octanol–water partition coefficient (Wildman–Crippen LogP) is 4.30. The van der Waals surface area contributed by atoms with Crippen LogP contribution in [-0.4, -0.2) is 4.98 Å². The van der Waals surface area contributed by atoms with E-state index in [0.717, 1.165) is 10.6 Å². The van der Waals surface area contributed by atoms with Gasteiger partial charge in [0, 0.05) is 10.6 Å².